The lowest BCUT2D eigenvalue weighted by molar-refractivity contribution is 1.28. The number of aromatic nitrogens is 1. The molecule has 1 heterocycles. The van der Waals surface area contributed by atoms with E-state index in [1.165, 1.54) is 6.21 Å². The maximum Gasteiger partial charge on any atom is 0.0877 e. The SMILES string of the molecule is N=Cc1ncccc1/C=C\I. The Bertz CT molecular complexity index is 281. The third-order valence-electron chi connectivity index (χ3n) is 1.25. The van der Waals surface area contributed by atoms with E-state index in [1.807, 2.05) is 22.3 Å². The fourth-order valence-electron chi connectivity index (χ4n) is 0.759. The average molecular weight is 258 g/mol. The highest BCUT2D eigenvalue weighted by Gasteiger charge is 1.93. The predicted octanol–water partition coefficient (Wildman–Crippen LogP) is 2.48. The van der Waals surface area contributed by atoms with Crippen LogP contribution in [0.5, 0.6) is 0 Å². The van der Waals surface area contributed by atoms with Crippen LogP contribution in [0.4, 0.5) is 0 Å². The second-order valence-electron chi connectivity index (χ2n) is 1.91. The highest BCUT2D eigenvalue weighted by atomic mass is 127. The van der Waals surface area contributed by atoms with Crippen molar-refractivity contribution < 1.29 is 0 Å². The first-order valence-electron chi connectivity index (χ1n) is 3.10. The fourth-order valence-corrected chi connectivity index (χ4v) is 1.15. The lowest BCUT2D eigenvalue weighted by Gasteiger charge is -1.95. The summed E-state index contributed by atoms with van der Waals surface area (Å²) in [5, 5.41) is 7.04. The van der Waals surface area contributed by atoms with Gasteiger partial charge in [-0.3, -0.25) is 4.98 Å². The standard InChI is InChI=1S/C8H7IN2/c9-4-3-7-2-1-5-11-8(7)6-10/h1-6,10H/b4-3-,10-6?. The molecule has 0 saturated heterocycles. The van der Waals surface area contributed by atoms with Crippen LogP contribution in [0.25, 0.3) is 6.08 Å². The second-order valence-corrected chi connectivity index (χ2v) is 2.63. The van der Waals surface area contributed by atoms with Crippen LogP contribution in [0.2, 0.25) is 0 Å². The van der Waals surface area contributed by atoms with Crippen LogP contribution < -0.4 is 0 Å². The van der Waals surface area contributed by atoms with E-state index in [2.05, 4.69) is 27.6 Å². The largest absolute Gasteiger partial charge is 0.306 e. The van der Waals surface area contributed by atoms with E-state index in [0.29, 0.717) is 5.69 Å². The summed E-state index contributed by atoms with van der Waals surface area (Å²) in [6.45, 7) is 0. The van der Waals surface area contributed by atoms with Gasteiger partial charge in [0.15, 0.2) is 0 Å². The topological polar surface area (TPSA) is 36.7 Å². The van der Waals surface area contributed by atoms with Crippen LogP contribution in [-0.4, -0.2) is 11.2 Å². The molecule has 0 fully saturated rings. The Morgan fingerprint density at radius 3 is 3.00 bits per heavy atom. The highest BCUT2D eigenvalue weighted by Crippen LogP contribution is 2.06. The molecule has 3 heteroatoms. The third kappa shape index (κ3) is 2.11. The average Bonchev–Trinajstić information content (AvgIpc) is 2.06. The van der Waals surface area contributed by atoms with Gasteiger partial charge in [-0.05, 0) is 16.2 Å². The van der Waals surface area contributed by atoms with Crippen LogP contribution in [0, 0.1) is 5.41 Å². The first kappa shape index (κ1) is 8.39. The van der Waals surface area contributed by atoms with Crippen LogP contribution in [-0.2, 0) is 0 Å². The van der Waals surface area contributed by atoms with E-state index in [9.17, 15) is 0 Å². The summed E-state index contributed by atoms with van der Waals surface area (Å²) in [4.78, 5) is 4.02. The lowest BCUT2D eigenvalue weighted by atomic mass is 10.2. The molecule has 1 aromatic rings. The molecule has 1 rings (SSSR count). The summed E-state index contributed by atoms with van der Waals surface area (Å²) in [6.07, 6.45) is 4.87. The summed E-state index contributed by atoms with van der Waals surface area (Å²) in [7, 11) is 0. The van der Waals surface area contributed by atoms with Gasteiger partial charge in [-0.1, -0.05) is 28.7 Å². The van der Waals surface area contributed by atoms with Crippen molar-refractivity contribution in [3.8, 4) is 0 Å². The Morgan fingerprint density at radius 1 is 1.55 bits per heavy atom. The van der Waals surface area contributed by atoms with Crippen molar-refractivity contribution >= 4 is 34.9 Å². The van der Waals surface area contributed by atoms with E-state index in [4.69, 9.17) is 5.41 Å². The molecule has 0 spiro atoms. The molecule has 0 atom stereocenters. The van der Waals surface area contributed by atoms with Gasteiger partial charge in [-0.25, -0.2) is 0 Å². The quantitative estimate of drug-likeness (QED) is 0.642. The summed E-state index contributed by atoms with van der Waals surface area (Å²) >= 11 is 2.14. The van der Waals surface area contributed by atoms with Crippen molar-refractivity contribution in [1.29, 1.82) is 5.41 Å². The number of halogens is 1. The molecular weight excluding hydrogens is 251 g/mol. The van der Waals surface area contributed by atoms with Crippen molar-refractivity contribution in [2.75, 3.05) is 0 Å². The van der Waals surface area contributed by atoms with Crippen molar-refractivity contribution in [1.82, 2.24) is 4.98 Å². The first-order valence-corrected chi connectivity index (χ1v) is 4.35. The molecule has 11 heavy (non-hydrogen) atoms. The molecule has 0 amide bonds. The van der Waals surface area contributed by atoms with Crippen LogP contribution in [0.3, 0.4) is 0 Å². The predicted molar refractivity (Wildman–Crippen MR) is 55.2 cm³/mol. The van der Waals surface area contributed by atoms with Gasteiger partial charge in [0.2, 0.25) is 0 Å². The van der Waals surface area contributed by atoms with Crippen molar-refractivity contribution in [3.05, 3.63) is 33.7 Å². The monoisotopic (exact) mass is 258 g/mol. The number of hydrogen-bond acceptors (Lipinski definition) is 2. The molecule has 0 unspecified atom stereocenters. The molecule has 1 N–H and O–H groups in total. The number of hydrogen-bond donors (Lipinski definition) is 1. The Balaban J connectivity index is 3.11. The molecular formula is C8H7IN2. The maximum atomic E-state index is 7.04. The summed E-state index contributed by atoms with van der Waals surface area (Å²) in [5.41, 5.74) is 1.69. The minimum absolute atomic E-state index is 0.709. The van der Waals surface area contributed by atoms with Crippen LogP contribution in [0.1, 0.15) is 11.3 Å². The summed E-state index contributed by atoms with van der Waals surface area (Å²) in [6, 6.07) is 3.79. The molecule has 1 aromatic heterocycles. The zero-order valence-corrected chi connectivity index (χ0v) is 7.95. The zero-order chi connectivity index (χ0) is 8.10. The van der Waals surface area contributed by atoms with Gasteiger partial charge in [0.25, 0.3) is 0 Å². The minimum Gasteiger partial charge on any atom is -0.306 e. The Morgan fingerprint density at radius 2 is 2.36 bits per heavy atom. The third-order valence-corrected chi connectivity index (χ3v) is 1.61. The van der Waals surface area contributed by atoms with Crippen molar-refractivity contribution in [2.45, 2.75) is 0 Å². The smallest absolute Gasteiger partial charge is 0.0877 e. The Labute approximate surface area is 79.0 Å². The van der Waals surface area contributed by atoms with E-state index >= 15 is 0 Å². The normalized spacial score (nSPS) is 10.3. The number of pyridine rings is 1. The molecule has 0 saturated carbocycles. The van der Waals surface area contributed by atoms with Gasteiger partial charge in [0, 0.05) is 18.0 Å². The van der Waals surface area contributed by atoms with Gasteiger partial charge >= 0.3 is 0 Å². The number of nitrogens with zero attached hydrogens (tertiary/aromatic N) is 1. The molecule has 0 bridgehead atoms. The molecule has 0 aromatic carbocycles. The van der Waals surface area contributed by atoms with E-state index in [-0.39, 0.29) is 0 Å². The second kappa shape index (κ2) is 4.23. The Hall–Kier alpha value is -0.710. The number of nitrogens with one attached hydrogen (secondary N) is 1. The van der Waals surface area contributed by atoms with Crippen molar-refractivity contribution in [3.63, 3.8) is 0 Å². The van der Waals surface area contributed by atoms with Gasteiger partial charge in [0.1, 0.15) is 0 Å². The molecule has 0 aliphatic heterocycles. The van der Waals surface area contributed by atoms with Crippen LogP contribution >= 0.6 is 22.6 Å². The van der Waals surface area contributed by atoms with Gasteiger partial charge in [0.05, 0.1) is 5.69 Å². The number of rotatable bonds is 2. The fraction of sp³-hybridized carbons (Fsp3) is 0. The van der Waals surface area contributed by atoms with E-state index < -0.39 is 0 Å². The van der Waals surface area contributed by atoms with Crippen molar-refractivity contribution in [2.24, 2.45) is 0 Å². The highest BCUT2D eigenvalue weighted by molar-refractivity contribution is 14.1. The van der Waals surface area contributed by atoms with E-state index in [1.54, 1.807) is 6.20 Å². The molecule has 56 valence electrons. The minimum atomic E-state index is 0.709. The van der Waals surface area contributed by atoms with E-state index in [0.717, 1.165) is 5.56 Å². The summed E-state index contributed by atoms with van der Waals surface area (Å²) in [5.74, 6) is 0. The van der Waals surface area contributed by atoms with Gasteiger partial charge in [-0.15, -0.1) is 0 Å². The molecule has 0 aliphatic carbocycles. The Kier molecular flexibility index (Phi) is 3.22. The van der Waals surface area contributed by atoms with Crippen LogP contribution in [0.15, 0.2) is 22.4 Å². The first-order chi connectivity index (χ1) is 5.38. The molecule has 0 aliphatic rings. The van der Waals surface area contributed by atoms with Gasteiger partial charge < -0.3 is 5.41 Å². The molecule has 0 radical (unpaired) electrons. The lowest BCUT2D eigenvalue weighted by Crippen LogP contribution is -1.88. The zero-order valence-electron chi connectivity index (χ0n) is 5.79. The summed E-state index contributed by atoms with van der Waals surface area (Å²) < 4.78 is 1.90. The molecule has 2 nitrogen and oxygen atoms in total. The van der Waals surface area contributed by atoms with Gasteiger partial charge in [-0.2, -0.15) is 0 Å². The maximum absolute atomic E-state index is 7.04.